The monoisotopic (exact) mass is 465 g/mol. The number of rotatable bonds is 11. The van der Waals surface area contributed by atoms with Crippen LogP contribution in [0.3, 0.4) is 0 Å². The molecule has 1 aromatic rings. The van der Waals surface area contributed by atoms with Crippen molar-refractivity contribution in [2.75, 3.05) is 47.1 Å². The van der Waals surface area contributed by atoms with Crippen molar-refractivity contribution in [1.29, 1.82) is 0 Å². The van der Waals surface area contributed by atoms with E-state index in [0.29, 0.717) is 26.4 Å². The highest BCUT2D eigenvalue weighted by Crippen LogP contribution is 2.16. The van der Waals surface area contributed by atoms with Crippen LogP contribution in [-0.4, -0.2) is 53.1 Å². The maximum atomic E-state index is 5.44. The fraction of sp³-hybridized carbons (Fsp3) is 0.611. The number of aliphatic imine (C=N–C) groups is 1. The zero-order chi connectivity index (χ0) is 17.6. The molecule has 25 heavy (non-hydrogen) atoms. The molecule has 1 rings (SSSR count). The molecule has 6 nitrogen and oxygen atoms in total. The topological polar surface area (TPSA) is 64.1 Å². The number of nitrogens with one attached hydrogen (secondary N) is 2. The van der Waals surface area contributed by atoms with Crippen LogP contribution in [0.1, 0.15) is 24.5 Å². The van der Waals surface area contributed by atoms with Crippen molar-refractivity contribution in [3.8, 4) is 5.75 Å². The van der Waals surface area contributed by atoms with Crippen LogP contribution < -0.4 is 15.4 Å². The van der Waals surface area contributed by atoms with Gasteiger partial charge in [-0.25, -0.2) is 4.99 Å². The molecule has 0 aliphatic heterocycles. The molecule has 0 saturated heterocycles. The Morgan fingerprint density at radius 2 is 1.88 bits per heavy atom. The largest absolute Gasteiger partial charge is 0.497 e. The van der Waals surface area contributed by atoms with Crippen molar-refractivity contribution in [1.82, 2.24) is 10.6 Å². The molecule has 0 fully saturated rings. The first-order valence-corrected chi connectivity index (χ1v) is 8.43. The Hall–Kier alpha value is -1.06. The number of nitrogens with zero attached hydrogens (tertiary/aromatic N) is 1. The van der Waals surface area contributed by atoms with Gasteiger partial charge in [0.25, 0.3) is 0 Å². The van der Waals surface area contributed by atoms with Crippen LogP contribution in [0.2, 0.25) is 0 Å². The van der Waals surface area contributed by atoms with E-state index in [4.69, 9.17) is 14.2 Å². The number of ether oxygens (including phenoxy) is 3. The van der Waals surface area contributed by atoms with E-state index in [1.807, 2.05) is 12.1 Å². The van der Waals surface area contributed by atoms with Crippen LogP contribution >= 0.6 is 24.0 Å². The van der Waals surface area contributed by atoms with E-state index in [2.05, 4.69) is 35.5 Å². The van der Waals surface area contributed by atoms with E-state index in [9.17, 15) is 0 Å². The van der Waals surface area contributed by atoms with Crippen molar-refractivity contribution in [3.63, 3.8) is 0 Å². The Morgan fingerprint density at radius 1 is 1.08 bits per heavy atom. The van der Waals surface area contributed by atoms with Gasteiger partial charge in [-0.2, -0.15) is 0 Å². The first-order valence-electron chi connectivity index (χ1n) is 8.43. The van der Waals surface area contributed by atoms with Crippen molar-refractivity contribution >= 4 is 29.9 Å². The molecule has 0 aliphatic carbocycles. The Bertz CT molecular complexity index is 498. The highest BCUT2D eigenvalue weighted by Gasteiger charge is 2.01. The number of halogens is 1. The van der Waals surface area contributed by atoms with Crippen LogP contribution in [0.25, 0.3) is 0 Å². The molecular weight excluding hydrogens is 433 g/mol. The van der Waals surface area contributed by atoms with Crippen LogP contribution in [0, 0.1) is 6.92 Å². The van der Waals surface area contributed by atoms with Crippen LogP contribution in [0.5, 0.6) is 5.75 Å². The summed E-state index contributed by atoms with van der Waals surface area (Å²) in [6, 6.07) is 6.16. The van der Waals surface area contributed by atoms with Gasteiger partial charge in [0.15, 0.2) is 5.96 Å². The molecule has 1 aromatic carbocycles. The molecule has 0 aliphatic rings. The number of aryl methyl sites for hydroxylation is 1. The summed E-state index contributed by atoms with van der Waals surface area (Å²) in [6.45, 7) is 8.35. The van der Waals surface area contributed by atoms with Gasteiger partial charge in [0.1, 0.15) is 5.75 Å². The minimum atomic E-state index is 0. The molecular formula is C18H32IN3O3. The van der Waals surface area contributed by atoms with E-state index in [0.717, 1.165) is 36.8 Å². The number of benzene rings is 1. The third-order valence-electron chi connectivity index (χ3n) is 3.30. The van der Waals surface area contributed by atoms with Gasteiger partial charge < -0.3 is 24.8 Å². The number of methoxy groups -OCH3 is 2. The lowest BCUT2D eigenvalue weighted by Gasteiger charge is -2.12. The summed E-state index contributed by atoms with van der Waals surface area (Å²) < 4.78 is 15.7. The molecule has 0 bridgehead atoms. The lowest BCUT2D eigenvalue weighted by atomic mass is 10.1. The van der Waals surface area contributed by atoms with Gasteiger partial charge in [-0.3, -0.25) is 0 Å². The molecule has 2 N–H and O–H groups in total. The quantitative estimate of drug-likeness (QED) is 0.228. The van der Waals surface area contributed by atoms with Crippen LogP contribution in [0.4, 0.5) is 0 Å². The van der Waals surface area contributed by atoms with Gasteiger partial charge in [0, 0.05) is 26.8 Å². The zero-order valence-corrected chi connectivity index (χ0v) is 18.1. The van der Waals surface area contributed by atoms with Gasteiger partial charge in [-0.1, -0.05) is 6.07 Å². The molecule has 0 spiro atoms. The Kier molecular flexibility index (Phi) is 14.6. The highest BCUT2D eigenvalue weighted by atomic mass is 127. The predicted octanol–water partition coefficient (Wildman–Crippen LogP) is 2.73. The molecule has 0 heterocycles. The summed E-state index contributed by atoms with van der Waals surface area (Å²) in [5.41, 5.74) is 2.30. The zero-order valence-electron chi connectivity index (χ0n) is 15.8. The second kappa shape index (κ2) is 15.2. The molecule has 0 saturated carbocycles. The summed E-state index contributed by atoms with van der Waals surface area (Å²) in [5, 5.41) is 6.58. The highest BCUT2D eigenvalue weighted by molar-refractivity contribution is 14.0. The van der Waals surface area contributed by atoms with Crippen molar-refractivity contribution in [2.45, 2.75) is 26.8 Å². The van der Waals surface area contributed by atoms with Crippen molar-refractivity contribution in [2.24, 2.45) is 4.99 Å². The SMILES string of the molecule is CCNC(=NCc1cc(C)cc(OC)c1)NCCCOCCOC.I. The number of hydrogen-bond donors (Lipinski definition) is 2. The normalized spacial score (nSPS) is 11.0. The summed E-state index contributed by atoms with van der Waals surface area (Å²) in [5.74, 6) is 1.68. The van der Waals surface area contributed by atoms with Gasteiger partial charge in [0.05, 0.1) is 26.9 Å². The summed E-state index contributed by atoms with van der Waals surface area (Å²) >= 11 is 0. The summed E-state index contributed by atoms with van der Waals surface area (Å²) in [6.07, 6.45) is 0.923. The Labute approximate surface area is 168 Å². The number of hydrogen-bond acceptors (Lipinski definition) is 4. The van der Waals surface area contributed by atoms with Gasteiger partial charge in [-0.05, 0) is 43.5 Å². The molecule has 144 valence electrons. The average Bonchev–Trinajstić information content (AvgIpc) is 2.58. The molecule has 0 atom stereocenters. The molecule has 0 amide bonds. The standard InChI is InChI=1S/C18H31N3O3.HI/c1-5-19-18(20-7-6-8-24-10-9-22-3)21-14-16-11-15(2)12-17(13-16)23-4;/h11-13H,5-10,14H2,1-4H3,(H2,19,20,21);1H. The number of guanidine groups is 1. The average molecular weight is 465 g/mol. The van der Waals surface area contributed by atoms with Crippen LogP contribution in [0.15, 0.2) is 23.2 Å². The lowest BCUT2D eigenvalue weighted by molar-refractivity contribution is 0.0698. The fourth-order valence-electron chi connectivity index (χ4n) is 2.17. The smallest absolute Gasteiger partial charge is 0.191 e. The fourth-order valence-corrected chi connectivity index (χ4v) is 2.17. The Morgan fingerprint density at radius 3 is 2.56 bits per heavy atom. The van der Waals surface area contributed by atoms with Gasteiger partial charge in [0.2, 0.25) is 0 Å². The predicted molar refractivity (Wildman–Crippen MR) is 113 cm³/mol. The molecule has 0 unspecified atom stereocenters. The van der Waals surface area contributed by atoms with Gasteiger partial charge in [-0.15, -0.1) is 24.0 Å². The van der Waals surface area contributed by atoms with E-state index in [1.165, 1.54) is 5.56 Å². The lowest BCUT2D eigenvalue weighted by Crippen LogP contribution is -2.38. The summed E-state index contributed by atoms with van der Waals surface area (Å²) in [4.78, 5) is 4.63. The molecule has 0 radical (unpaired) electrons. The minimum absolute atomic E-state index is 0. The van der Waals surface area contributed by atoms with E-state index in [1.54, 1.807) is 14.2 Å². The Balaban J connectivity index is 0.00000576. The molecule has 7 heteroatoms. The second-order valence-electron chi connectivity index (χ2n) is 5.44. The first-order chi connectivity index (χ1) is 11.7. The maximum Gasteiger partial charge on any atom is 0.191 e. The third-order valence-corrected chi connectivity index (χ3v) is 3.30. The minimum Gasteiger partial charge on any atom is -0.497 e. The van der Waals surface area contributed by atoms with Gasteiger partial charge >= 0.3 is 0 Å². The van der Waals surface area contributed by atoms with E-state index >= 15 is 0 Å². The van der Waals surface area contributed by atoms with Crippen LogP contribution in [-0.2, 0) is 16.0 Å². The van der Waals surface area contributed by atoms with Crippen molar-refractivity contribution < 1.29 is 14.2 Å². The van der Waals surface area contributed by atoms with E-state index < -0.39 is 0 Å². The molecule has 0 aromatic heterocycles. The van der Waals surface area contributed by atoms with E-state index in [-0.39, 0.29) is 24.0 Å². The maximum absolute atomic E-state index is 5.44. The van der Waals surface area contributed by atoms with Crippen molar-refractivity contribution in [3.05, 3.63) is 29.3 Å². The third kappa shape index (κ3) is 11.2. The second-order valence-corrected chi connectivity index (χ2v) is 5.44. The first kappa shape index (κ1) is 23.9. The summed E-state index contributed by atoms with van der Waals surface area (Å²) in [7, 11) is 3.36.